The lowest BCUT2D eigenvalue weighted by Gasteiger charge is -2.31. The van der Waals surface area contributed by atoms with E-state index in [1.165, 1.54) is 121 Å². The van der Waals surface area contributed by atoms with Crippen molar-refractivity contribution in [2.45, 2.75) is 24.2 Å². The normalized spacial score (nSPS) is 16.9. The number of hydrogen-bond acceptors (Lipinski definition) is 1. The minimum atomic E-state index is -0.786. The van der Waals surface area contributed by atoms with Crippen LogP contribution < -0.4 is 0 Å². The largest absolute Gasteiger partial charge is 0.309 e. The van der Waals surface area contributed by atoms with Gasteiger partial charge in [0.2, 0.25) is 0 Å². The van der Waals surface area contributed by atoms with Gasteiger partial charge in [-0.3, -0.25) is 4.79 Å². The summed E-state index contributed by atoms with van der Waals surface area (Å²) in [5.74, 6) is 1.73. The van der Waals surface area contributed by atoms with Crippen molar-refractivity contribution < 1.29 is 4.79 Å². The maximum atomic E-state index is 16.0. The highest BCUT2D eigenvalue weighted by Gasteiger charge is 2.52. The summed E-state index contributed by atoms with van der Waals surface area (Å²) in [5.41, 5.74) is 18.4. The van der Waals surface area contributed by atoms with E-state index in [0.717, 1.165) is 38.2 Å². The van der Waals surface area contributed by atoms with Crippen molar-refractivity contribution in [3.05, 3.63) is 354 Å². The second kappa shape index (κ2) is 17.1. The van der Waals surface area contributed by atoms with E-state index < -0.39 is 5.41 Å². The molecule has 0 aliphatic heterocycles. The van der Waals surface area contributed by atoms with E-state index in [2.05, 4.69) is 282 Å². The van der Waals surface area contributed by atoms with Gasteiger partial charge in [0, 0.05) is 44.0 Å². The van der Waals surface area contributed by atoms with Crippen molar-refractivity contribution in [1.29, 1.82) is 0 Å². The van der Waals surface area contributed by atoms with Gasteiger partial charge in [0.05, 0.1) is 27.5 Å². The Kier molecular flexibility index (Phi) is 9.43. The summed E-state index contributed by atoms with van der Waals surface area (Å²) in [5, 5.41) is 14.3. The predicted octanol–water partition coefficient (Wildman–Crippen LogP) is 18.6. The third kappa shape index (κ3) is 6.12. The summed E-state index contributed by atoms with van der Waals surface area (Å²) in [6.45, 7) is 0. The topological polar surface area (TPSA) is 26.9 Å². The standard InChI is InChI=1S/C81H52N2O/c84-80(51-34-39-60-59-38-33-50(79-48-29-30-49(79)32-31-48)43-69(59)57-17-3-1-15-55(57)56-16-2-4-18-58(56)70(60)44-51)52-35-40-62-61-19-5-10-24-71(61)81(72(62)45-52)73-46-53(82-75-25-11-6-20-65(75)66-21-7-12-26-76(66)82)36-41-63(73)64-42-37-54(47-74(64)81)83-77-27-13-8-22-67(77)68-23-9-14-28-78(68)83/h1-30,33-49,79H,31-32H2. The summed E-state index contributed by atoms with van der Waals surface area (Å²) in [7, 11) is 0. The zero-order valence-electron chi connectivity index (χ0n) is 45.9. The van der Waals surface area contributed by atoms with Gasteiger partial charge in [-0.1, -0.05) is 212 Å². The SMILES string of the molecule is O=C(c1ccc2c(c1)C1(c3ccccc3-2)c2cc(-n3c4ccccc4c4ccccc43)ccc2-c2ccc(-n3c4ccccc4c4ccccc43)cc21)c1ccc2c(c1)=c1ccccc1=c1ccccc1=c1cc(C3C4C=CC3CC4)ccc1=2. The average Bonchev–Trinajstić information content (AvgIpc) is 1.61. The Morgan fingerprint density at radius 2 is 0.702 bits per heavy atom. The molecule has 2 heterocycles. The number of benzene rings is 12. The lowest BCUT2D eigenvalue weighted by atomic mass is 9.70. The van der Waals surface area contributed by atoms with E-state index in [0.29, 0.717) is 28.9 Å². The molecular weight excluding hydrogens is 1020 g/mol. The molecule has 84 heavy (non-hydrogen) atoms. The molecule has 1 spiro atoms. The molecule has 2 bridgehead atoms. The smallest absolute Gasteiger partial charge is 0.193 e. The van der Waals surface area contributed by atoms with Crippen LogP contribution in [0.1, 0.15) is 62.5 Å². The monoisotopic (exact) mass is 1070 g/mol. The van der Waals surface area contributed by atoms with Gasteiger partial charge >= 0.3 is 0 Å². The molecule has 1 saturated carbocycles. The lowest BCUT2D eigenvalue weighted by molar-refractivity contribution is 0.103. The van der Waals surface area contributed by atoms with Crippen molar-refractivity contribution in [2.24, 2.45) is 11.8 Å². The highest BCUT2D eigenvalue weighted by atomic mass is 16.1. The quantitative estimate of drug-likeness (QED) is 0.125. The molecule has 14 aromatic rings. The molecule has 3 nitrogen and oxygen atoms in total. The first kappa shape index (κ1) is 46.3. The van der Waals surface area contributed by atoms with Gasteiger partial charge in [-0.2, -0.15) is 0 Å². The fraction of sp³-hybridized carbons (Fsp3) is 0.0741. The molecule has 2 unspecified atom stereocenters. The fourth-order valence-electron chi connectivity index (χ4n) is 16.7. The fourth-order valence-corrected chi connectivity index (χ4v) is 16.7. The van der Waals surface area contributed by atoms with Gasteiger partial charge in [-0.05, 0) is 183 Å². The number of hydrogen-bond donors (Lipinski definition) is 0. The average molecular weight is 1070 g/mol. The van der Waals surface area contributed by atoms with Gasteiger partial charge in [-0.15, -0.1) is 0 Å². The van der Waals surface area contributed by atoms with E-state index in [4.69, 9.17) is 0 Å². The highest BCUT2D eigenvalue weighted by molar-refractivity contribution is 6.12. The maximum absolute atomic E-state index is 16.0. The van der Waals surface area contributed by atoms with Crippen LogP contribution in [0.3, 0.4) is 0 Å². The summed E-state index contributed by atoms with van der Waals surface area (Å²) in [6, 6.07) is 96.5. The van der Waals surface area contributed by atoms with Gasteiger partial charge in [0.25, 0.3) is 0 Å². The maximum Gasteiger partial charge on any atom is 0.193 e. The van der Waals surface area contributed by atoms with Gasteiger partial charge in [0.15, 0.2) is 5.78 Å². The second-order valence-corrected chi connectivity index (χ2v) is 24.1. The minimum absolute atomic E-state index is 0.00272. The van der Waals surface area contributed by atoms with Crippen molar-refractivity contribution in [1.82, 2.24) is 9.13 Å². The summed E-state index contributed by atoms with van der Waals surface area (Å²) in [4.78, 5) is 16.0. The summed E-state index contributed by atoms with van der Waals surface area (Å²) < 4.78 is 4.88. The first-order valence-electron chi connectivity index (χ1n) is 29.8. The molecule has 0 radical (unpaired) electrons. The highest BCUT2D eigenvalue weighted by Crippen LogP contribution is 2.64. The van der Waals surface area contributed by atoms with E-state index in [9.17, 15) is 0 Å². The van der Waals surface area contributed by atoms with Crippen LogP contribution in [0.4, 0.5) is 0 Å². The zero-order valence-corrected chi connectivity index (χ0v) is 45.9. The van der Waals surface area contributed by atoms with Crippen molar-refractivity contribution in [3.8, 4) is 33.6 Å². The number of carbonyl (C=O) groups is 1. The van der Waals surface area contributed by atoms with E-state index in [-0.39, 0.29) is 5.78 Å². The number of ketones is 1. The number of aromatic nitrogens is 2. The molecule has 3 heteroatoms. The molecule has 5 aliphatic rings. The minimum Gasteiger partial charge on any atom is -0.309 e. The van der Waals surface area contributed by atoms with Crippen LogP contribution in [0.5, 0.6) is 0 Å². The Bertz CT molecular complexity index is 5480. The van der Waals surface area contributed by atoms with E-state index in [1.807, 2.05) is 0 Å². The van der Waals surface area contributed by atoms with Gasteiger partial charge in [0.1, 0.15) is 0 Å². The lowest BCUT2D eigenvalue weighted by Crippen LogP contribution is -2.26. The zero-order chi connectivity index (χ0) is 54.9. The molecule has 2 atom stereocenters. The molecule has 1 fully saturated rings. The molecule has 0 saturated heterocycles. The van der Waals surface area contributed by atoms with E-state index >= 15 is 4.79 Å². The van der Waals surface area contributed by atoms with Crippen molar-refractivity contribution >= 4 is 49.4 Å². The number of fused-ring (bicyclic) bond motifs is 22. The van der Waals surface area contributed by atoms with Crippen LogP contribution in [0.2, 0.25) is 0 Å². The molecule has 0 amide bonds. The summed E-state index contributed by atoms with van der Waals surface area (Å²) in [6.07, 6.45) is 7.46. The Morgan fingerprint density at radius 3 is 1.23 bits per heavy atom. The van der Waals surface area contributed by atoms with Crippen LogP contribution in [0, 0.1) is 53.6 Å². The molecule has 392 valence electrons. The first-order chi connectivity index (χ1) is 41.6. The van der Waals surface area contributed by atoms with Crippen LogP contribution in [-0.4, -0.2) is 14.9 Å². The number of rotatable bonds is 5. The Labute approximate surface area is 483 Å². The third-order valence-electron chi connectivity index (χ3n) is 20.2. The molecule has 19 rings (SSSR count). The van der Waals surface area contributed by atoms with Crippen molar-refractivity contribution in [3.63, 3.8) is 0 Å². The summed E-state index contributed by atoms with van der Waals surface area (Å²) >= 11 is 0. The van der Waals surface area contributed by atoms with Crippen LogP contribution in [-0.2, 0) is 5.41 Å². The molecule has 12 aromatic carbocycles. The van der Waals surface area contributed by atoms with Gasteiger partial charge in [-0.25, -0.2) is 0 Å². The third-order valence-corrected chi connectivity index (χ3v) is 20.2. The number of allylic oxidation sites excluding steroid dienone is 2. The Balaban J connectivity index is 0.859. The molecule has 5 aliphatic carbocycles. The Morgan fingerprint density at radius 1 is 0.321 bits per heavy atom. The van der Waals surface area contributed by atoms with Gasteiger partial charge < -0.3 is 9.13 Å². The first-order valence-corrected chi connectivity index (χ1v) is 29.8. The molecule has 0 N–H and O–H groups in total. The van der Waals surface area contributed by atoms with Crippen LogP contribution >= 0.6 is 0 Å². The molecular formula is C81H52N2O. The van der Waals surface area contributed by atoms with Crippen molar-refractivity contribution in [2.75, 3.05) is 0 Å². The Hall–Kier alpha value is -10.4. The number of nitrogens with zero attached hydrogens (tertiary/aromatic N) is 2. The molecule has 2 aromatic heterocycles. The van der Waals surface area contributed by atoms with Crippen LogP contribution in [0.25, 0.3) is 77.2 Å². The van der Waals surface area contributed by atoms with Crippen LogP contribution in [0.15, 0.2) is 273 Å². The second-order valence-electron chi connectivity index (χ2n) is 24.1. The number of para-hydroxylation sites is 4. The van der Waals surface area contributed by atoms with E-state index in [1.54, 1.807) is 0 Å². The predicted molar refractivity (Wildman–Crippen MR) is 339 cm³/mol. The number of carbonyl (C=O) groups excluding carboxylic acids is 1.